The number of aromatic nitrogens is 4. The van der Waals surface area contributed by atoms with Crippen LogP contribution in [0.15, 0.2) is 75.8 Å². The van der Waals surface area contributed by atoms with E-state index < -0.39 is 14.3 Å². The molecule has 22 heteroatoms. The van der Waals surface area contributed by atoms with E-state index in [4.69, 9.17) is 24.4 Å². The first-order valence-electron chi connectivity index (χ1n) is 30.3. The van der Waals surface area contributed by atoms with Gasteiger partial charge in [-0.1, -0.05) is 31.5 Å². The fourth-order valence-corrected chi connectivity index (χ4v) is 15.7. The van der Waals surface area contributed by atoms with E-state index in [9.17, 15) is 9.13 Å². The average molecular weight is 1340 g/mol. The van der Waals surface area contributed by atoms with Crippen LogP contribution in [0.2, 0.25) is 0 Å². The second kappa shape index (κ2) is 27.2. The molecule has 10 rings (SSSR count). The van der Waals surface area contributed by atoms with E-state index in [1.165, 1.54) is 11.3 Å². The minimum absolute atomic E-state index is 0.269. The zero-order valence-electron chi connectivity index (χ0n) is 52.4. The molecule has 0 saturated carbocycles. The fourth-order valence-electron chi connectivity index (χ4n) is 12.7. The second-order valence-electron chi connectivity index (χ2n) is 25.0. The Morgan fingerprint density at radius 1 is 0.581 bits per heavy atom. The topological polar surface area (TPSA) is 172 Å². The van der Waals surface area contributed by atoms with Gasteiger partial charge in [-0.25, -0.2) is 9.97 Å². The summed E-state index contributed by atoms with van der Waals surface area (Å²) in [6.07, 6.45) is 6.13. The van der Waals surface area contributed by atoms with Crippen molar-refractivity contribution in [3.63, 3.8) is 0 Å². The standard InChI is InChI=1S/C64H88Br2N14O4P2/c1-41(2)47-36-51(57(84-8)38-55(47)80-23-19-45(20-24-80)77-29-25-75(6)26-30-77)71-64-72-53(60(66)62(74-64)68-49-15-13-43(4)34-59(49)86(11,12)82)40-76-27-31-78(32-28-76)46-17-21-79(22-18-46)54-37-56(83-7)50(35-44(54)5)70-63-67-39-48(65)61(73-63)69-52-33-42(3)14-16-58(52)85(9,10)81/h13-16,33-39,41,45-46H,17-32,40H2,1-12H3,(H2,67,69,70,73)(H2,68,71,72,74). The molecule has 0 aliphatic carbocycles. The molecule has 0 bridgehead atoms. The number of halogens is 2. The van der Waals surface area contributed by atoms with Crippen molar-refractivity contribution in [1.29, 1.82) is 0 Å². The molecule has 462 valence electrons. The molecule has 4 saturated heterocycles. The Bertz CT molecular complexity index is 3500. The summed E-state index contributed by atoms with van der Waals surface area (Å²) in [5, 5.41) is 15.6. The van der Waals surface area contributed by atoms with Crippen molar-refractivity contribution in [3.8, 4) is 11.5 Å². The number of anilines is 10. The predicted octanol–water partition coefficient (Wildman–Crippen LogP) is 12.3. The number of methoxy groups -OCH3 is 2. The van der Waals surface area contributed by atoms with Crippen molar-refractivity contribution in [1.82, 2.24) is 39.5 Å². The van der Waals surface area contributed by atoms with E-state index >= 15 is 0 Å². The third-order valence-electron chi connectivity index (χ3n) is 17.6. The lowest BCUT2D eigenvalue weighted by molar-refractivity contribution is 0.0804. The van der Waals surface area contributed by atoms with Crippen molar-refractivity contribution in [2.24, 2.45) is 0 Å². The summed E-state index contributed by atoms with van der Waals surface area (Å²) in [4.78, 5) is 35.2. The summed E-state index contributed by atoms with van der Waals surface area (Å²) < 4.78 is 40.6. The smallest absolute Gasteiger partial charge is 0.229 e. The van der Waals surface area contributed by atoms with Crippen LogP contribution in [-0.2, 0) is 15.7 Å². The van der Waals surface area contributed by atoms with Crippen LogP contribution in [0.25, 0.3) is 0 Å². The maximum atomic E-state index is 13.8. The van der Waals surface area contributed by atoms with Gasteiger partial charge in [0, 0.05) is 137 Å². The molecular formula is C64H88Br2N14O4P2. The van der Waals surface area contributed by atoms with Gasteiger partial charge in [-0.2, -0.15) is 9.97 Å². The normalized spacial score (nSPS) is 17.5. The number of hydrogen-bond donors (Lipinski definition) is 4. The van der Waals surface area contributed by atoms with Gasteiger partial charge < -0.3 is 54.6 Å². The van der Waals surface area contributed by atoms with Crippen molar-refractivity contribution in [2.45, 2.75) is 84.8 Å². The number of rotatable bonds is 19. The van der Waals surface area contributed by atoms with Crippen molar-refractivity contribution >= 4 is 114 Å². The molecule has 4 fully saturated rings. The van der Waals surface area contributed by atoms with Gasteiger partial charge in [-0.15, -0.1) is 0 Å². The zero-order valence-corrected chi connectivity index (χ0v) is 57.3. The molecular weight excluding hydrogens is 1250 g/mol. The van der Waals surface area contributed by atoms with Crippen LogP contribution < -0.4 is 51.1 Å². The Hall–Kier alpha value is -5.30. The van der Waals surface area contributed by atoms with Crippen LogP contribution in [0.1, 0.15) is 73.4 Å². The number of nitrogens with zero attached hydrogens (tertiary/aromatic N) is 10. The molecule has 6 heterocycles. The molecule has 18 nitrogen and oxygen atoms in total. The maximum Gasteiger partial charge on any atom is 0.229 e. The lowest BCUT2D eigenvalue weighted by Gasteiger charge is -2.43. The third-order valence-corrected chi connectivity index (χ3v) is 22.1. The average Bonchev–Trinajstić information content (AvgIpc) is 1.93. The molecule has 0 atom stereocenters. The van der Waals surface area contributed by atoms with Gasteiger partial charge in [-0.05, 0) is 171 Å². The molecule has 6 aromatic rings. The summed E-state index contributed by atoms with van der Waals surface area (Å²) in [6, 6.07) is 21.8. The lowest BCUT2D eigenvalue weighted by Crippen LogP contribution is -2.53. The van der Waals surface area contributed by atoms with E-state index in [0.29, 0.717) is 52.4 Å². The number of piperazine rings is 2. The van der Waals surface area contributed by atoms with Gasteiger partial charge in [0.1, 0.15) is 31.6 Å². The molecule has 4 aromatic carbocycles. The predicted molar refractivity (Wildman–Crippen MR) is 364 cm³/mol. The van der Waals surface area contributed by atoms with E-state index in [0.717, 1.165) is 176 Å². The van der Waals surface area contributed by atoms with Crippen LogP contribution in [0.5, 0.6) is 11.5 Å². The number of ether oxygens (including phenoxy) is 2. The second-order valence-corrected chi connectivity index (χ2v) is 33.0. The largest absolute Gasteiger partial charge is 0.494 e. The minimum Gasteiger partial charge on any atom is -0.494 e. The van der Waals surface area contributed by atoms with E-state index in [2.05, 4.69) is 140 Å². The lowest BCUT2D eigenvalue weighted by atomic mass is 9.96. The molecule has 4 aliphatic heterocycles. The summed E-state index contributed by atoms with van der Waals surface area (Å²) in [6.45, 7) is 30.7. The number of likely N-dealkylation sites (N-methyl/N-ethyl adjacent to an activating group) is 1. The van der Waals surface area contributed by atoms with Crippen LogP contribution in [0.4, 0.5) is 57.7 Å². The molecule has 86 heavy (non-hydrogen) atoms. The highest BCUT2D eigenvalue weighted by Crippen LogP contribution is 2.44. The van der Waals surface area contributed by atoms with Crippen molar-refractivity contribution in [2.75, 3.05) is 158 Å². The number of nitrogens with one attached hydrogen (secondary N) is 4. The van der Waals surface area contributed by atoms with E-state index in [1.807, 2.05) is 63.6 Å². The summed E-state index contributed by atoms with van der Waals surface area (Å²) in [5.41, 5.74) is 10.8. The Labute approximate surface area is 527 Å². The highest BCUT2D eigenvalue weighted by Gasteiger charge is 2.32. The van der Waals surface area contributed by atoms with Crippen LogP contribution in [0.3, 0.4) is 0 Å². The van der Waals surface area contributed by atoms with Crippen molar-refractivity contribution < 1.29 is 18.6 Å². The highest BCUT2D eigenvalue weighted by atomic mass is 79.9. The van der Waals surface area contributed by atoms with Gasteiger partial charge >= 0.3 is 0 Å². The van der Waals surface area contributed by atoms with Gasteiger partial charge in [0.15, 0.2) is 5.82 Å². The number of hydrogen-bond acceptors (Lipinski definition) is 18. The Kier molecular flexibility index (Phi) is 20.2. The molecule has 0 amide bonds. The Morgan fingerprint density at radius 2 is 1.12 bits per heavy atom. The van der Waals surface area contributed by atoms with E-state index in [-0.39, 0.29) is 5.92 Å². The quantitative estimate of drug-likeness (QED) is 0.0564. The molecule has 0 radical (unpaired) electrons. The summed E-state index contributed by atoms with van der Waals surface area (Å²) >= 11 is 7.60. The first kappa shape index (κ1) is 63.7. The highest BCUT2D eigenvalue weighted by molar-refractivity contribution is 9.11. The fraction of sp³-hybridized carbons (Fsp3) is 0.500. The van der Waals surface area contributed by atoms with Gasteiger partial charge in [0.25, 0.3) is 0 Å². The molecule has 0 unspecified atom stereocenters. The Morgan fingerprint density at radius 3 is 1.72 bits per heavy atom. The van der Waals surface area contributed by atoms with Crippen LogP contribution >= 0.6 is 46.1 Å². The van der Waals surface area contributed by atoms with Crippen molar-refractivity contribution in [3.05, 3.63) is 104 Å². The summed E-state index contributed by atoms with van der Waals surface area (Å²) in [7, 11) is 0.426. The molecule has 2 aromatic heterocycles. The molecule has 0 spiro atoms. The summed E-state index contributed by atoms with van der Waals surface area (Å²) in [5.74, 6) is 3.73. The first-order valence-corrected chi connectivity index (χ1v) is 37.1. The first-order chi connectivity index (χ1) is 41.0. The SMILES string of the molecule is COc1cc(N2CCC(N3CCN(Cc4nc(Nc5cc(C(C)C)c(N6CCC(N7CCN(C)CC7)CC6)cc5OC)nc(Nc5ccc(C)cc5P(C)(C)=O)c4Br)CC3)CC2)c(C)cc1Nc1ncc(Br)c(Nc2cc(C)ccc2P(C)(C)=O)n1. The van der Waals surface area contributed by atoms with Gasteiger partial charge in [0.2, 0.25) is 11.9 Å². The number of benzene rings is 4. The monoisotopic (exact) mass is 1340 g/mol. The van der Waals surface area contributed by atoms with Crippen LogP contribution in [-0.4, -0.2) is 178 Å². The third kappa shape index (κ3) is 15.0. The minimum atomic E-state index is -2.67. The van der Waals surface area contributed by atoms with Gasteiger partial charge in [0.05, 0.1) is 51.6 Å². The Balaban J connectivity index is 0.810. The molecule has 4 aliphatic rings. The maximum absolute atomic E-state index is 13.8. The molecule has 4 N–H and O–H groups in total. The number of piperidine rings is 2. The van der Waals surface area contributed by atoms with Gasteiger partial charge in [-0.3, -0.25) is 14.7 Å². The number of aryl methyl sites for hydroxylation is 3. The zero-order chi connectivity index (χ0) is 61.2. The van der Waals surface area contributed by atoms with E-state index in [1.54, 1.807) is 33.7 Å². The van der Waals surface area contributed by atoms with Crippen LogP contribution in [0, 0.1) is 20.8 Å².